The minimum Gasteiger partial charge on any atom is -0.493 e. The van der Waals surface area contributed by atoms with E-state index in [1.54, 1.807) is 0 Å². The summed E-state index contributed by atoms with van der Waals surface area (Å²) in [6, 6.07) is 6.39. The standard InChI is InChI=1S/C17H23NO2/c1-12-3-4-13(2)18(10-12)11-16(19)14-5-6-17-15(9-14)7-8-20-17/h5-6,9,12-13H,3-4,7-8,10-11H2,1-2H3. The highest BCUT2D eigenvalue weighted by Crippen LogP contribution is 2.27. The van der Waals surface area contributed by atoms with Gasteiger partial charge in [0.15, 0.2) is 5.78 Å². The van der Waals surface area contributed by atoms with E-state index in [0.29, 0.717) is 18.5 Å². The average Bonchev–Trinajstić information content (AvgIpc) is 2.90. The highest BCUT2D eigenvalue weighted by Gasteiger charge is 2.25. The maximum absolute atomic E-state index is 12.5. The molecule has 2 heterocycles. The zero-order chi connectivity index (χ0) is 14.1. The number of rotatable bonds is 3. The summed E-state index contributed by atoms with van der Waals surface area (Å²) >= 11 is 0. The van der Waals surface area contributed by atoms with Gasteiger partial charge in [-0.2, -0.15) is 0 Å². The highest BCUT2D eigenvalue weighted by molar-refractivity contribution is 5.98. The van der Waals surface area contributed by atoms with Gasteiger partial charge in [-0.05, 0) is 49.4 Å². The molecule has 0 N–H and O–H groups in total. The van der Waals surface area contributed by atoms with Crippen LogP contribution in [0.4, 0.5) is 0 Å². The van der Waals surface area contributed by atoms with Gasteiger partial charge < -0.3 is 4.74 Å². The third-order valence-electron chi connectivity index (χ3n) is 4.60. The average molecular weight is 273 g/mol. The topological polar surface area (TPSA) is 29.5 Å². The molecule has 3 rings (SSSR count). The normalized spacial score (nSPS) is 26.1. The molecular formula is C17H23NO2. The Morgan fingerprint density at radius 1 is 1.35 bits per heavy atom. The van der Waals surface area contributed by atoms with E-state index in [1.807, 2.05) is 18.2 Å². The summed E-state index contributed by atoms with van der Waals surface area (Å²) < 4.78 is 5.49. The second-order valence-electron chi connectivity index (χ2n) is 6.31. The van der Waals surface area contributed by atoms with Gasteiger partial charge in [0.1, 0.15) is 5.75 Å². The van der Waals surface area contributed by atoms with Crippen molar-refractivity contribution in [3.05, 3.63) is 29.3 Å². The summed E-state index contributed by atoms with van der Waals surface area (Å²) in [5, 5.41) is 0. The smallest absolute Gasteiger partial charge is 0.176 e. The molecule has 1 aromatic rings. The molecule has 0 aliphatic carbocycles. The third kappa shape index (κ3) is 2.73. The minimum absolute atomic E-state index is 0.237. The summed E-state index contributed by atoms with van der Waals surface area (Å²) in [5.41, 5.74) is 2.01. The minimum atomic E-state index is 0.237. The Bertz CT molecular complexity index is 512. The molecule has 3 heteroatoms. The number of hydrogen-bond acceptors (Lipinski definition) is 3. The molecule has 0 amide bonds. The second kappa shape index (κ2) is 5.57. The fourth-order valence-electron chi connectivity index (χ4n) is 3.24. The van der Waals surface area contributed by atoms with Gasteiger partial charge in [0.25, 0.3) is 0 Å². The molecule has 0 radical (unpaired) electrons. The first-order valence-corrected chi connectivity index (χ1v) is 7.66. The Morgan fingerprint density at radius 2 is 2.20 bits per heavy atom. The number of fused-ring (bicyclic) bond motifs is 1. The van der Waals surface area contributed by atoms with Gasteiger partial charge in [0.05, 0.1) is 13.2 Å². The van der Waals surface area contributed by atoms with Crippen molar-refractivity contribution in [3.63, 3.8) is 0 Å². The predicted molar refractivity (Wildman–Crippen MR) is 79.4 cm³/mol. The number of ketones is 1. The molecule has 0 saturated carbocycles. The van der Waals surface area contributed by atoms with E-state index in [0.717, 1.165) is 30.9 Å². The van der Waals surface area contributed by atoms with Gasteiger partial charge in [-0.1, -0.05) is 6.92 Å². The van der Waals surface area contributed by atoms with Crippen LogP contribution in [0, 0.1) is 5.92 Å². The van der Waals surface area contributed by atoms with Crippen LogP contribution in [0.3, 0.4) is 0 Å². The molecule has 108 valence electrons. The van der Waals surface area contributed by atoms with Crippen molar-refractivity contribution in [3.8, 4) is 5.75 Å². The molecule has 1 fully saturated rings. The molecule has 2 atom stereocenters. The molecule has 0 spiro atoms. The lowest BCUT2D eigenvalue weighted by Gasteiger charge is -2.36. The first-order valence-electron chi connectivity index (χ1n) is 7.66. The van der Waals surface area contributed by atoms with E-state index in [2.05, 4.69) is 18.7 Å². The zero-order valence-electron chi connectivity index (χ0n) is 12.4. The van der Waals surface area contributed by atoms with Gasteiger partial charge in [0, 0.05) is 24.6 Å². The lowest BCUT2D eigenvalue weighted by Crippen LogP contribution is -2.43. The van der Waals surface area contributed by atoms with Gasteiger partial charge in [-0.3, -0.25) is 9.69 Å². The Kier molecular flexibility index (Phi) is 3.79. The van der Waals surface area contributed by atoms with Crippen molar-refractivity contribution in [2.75, 3.05) is 19.7 Å². The number of ether oxygens (including phenoxy) is 1. The van der Waals surface area contributed by atoms with Crippen LogP contribution in [0.1, 0.15) is 42.6 Å². The largest absolute Gasteiger partial charge is 0.493 e. The van der Waals surface area contributed by atoms with Crippen LogP contribution in [0.2, 0.25) is 0 Å². The van der Waals surface area contributed by atoms with Crippen molar-refractivity contribution in [1.82, 2.24) is 4.90 Å². The maximum atomic E-state index is 12.5. The number of piperidine rings is 1. The van der Waals surface area contributed by atoms with Crippen LogP contribution >= 0.6 is 0 Å². The van der Waals surface area contributed by atoms with E-state index in [1.165, 1.54) is 18.4 Å². The molecule has 0 aromatic heterocycles. The van der Waals surface area contributed by atoms with Crippen LogP contribution in [-0.2, 0) is 6.42 Å². The molecule has 0 bridgehead atoms. The highest BCUT2D eigenvalue weighted by atomic mass is 16.5. The molecule has 1 aromatic carbocycles. The van der Waals surface area contributed by atoms with Crippen LogP contribution in [0.5, 0.6) is 5.75 Å². The van der Waals surface area contributed by atoms with Crippen molar-refractivity contribution in [2.24, 2.45) is 5.92 Å². The maximum Gasteiger partial charge on any atom is 0.176 e. The Balaban J connectivity index is 1.69. The molecule has 20 heavy (non-hydrogen) atoms. The number of carbonyl (C=O) groups excluding carboxylic acids is 1. The van der Waals surface area contributed by atoms with Gasteiger partial charge in [0.2, 0.25) is 0 Å². The van der Waals surface area contributed by atoms with E-state index in [-0.39, 0.29) is 5.78 Å². The van der Waals surface area contributed by atoms with Crippen molar-refractivity contribution in [1.29, 1.82) is 0 Å². The third-order valence-corrected chi connectivity index (χ3v) is 4.60. The van der Waals surface area contributed by atoms with Gasteiger partial charge in [-0.25, -0.2) is 0 Å². The molecule has 2 aliphatic heterocycles. The second-order valence-corrected chi connectivity index (χ2v) is 6.31. The Morgan fingerprint density at radius 3 is 3.05 bits per heavy atom. The lowest BCUT2D eigenvalue weighted by atomic mass is 9.94. The number of carbonyl (C=O) groups is 1. The monoisotopic (exact) mass is 273 g/mol. The van der Waals surface area contributed by atoms with Gasteiger partial charge in [-0.15, -0.1) is 0 Å². The van der Waals surface area contributed by atoms with Crippen LogP contribution in [0.25, 0.3) is 0 Å². The number of likely N-dealkylation sites (tertiary alicyclic amines) is 1. The lowest BCUT2D eigenvalue weighted by molar-refractivity contribution is 0.0805. The molecular weight excluding hydrogens is 250 g/mol. The molecule has 1 saturated heterocycles. The summed E-state index contributed by atoms with van der Waals surface area (Å²) in [6.45, 7) is 6.84. The summed E-state index contributed by atoms with van der Waals surface area (Å²) in [6.07, 6.45) is 3.40. The van der Waals surface area contributed by atoms with Crippen LogP contribution in [0.15, 0.2) is 18.2 Å². The number of hydrogen-bond donors (Lipinski definition) is 0. The zero-order valence-corrected chi connectivity index (χ0v) is 12.4. The van der Waals surface area contributed by atoms with E-state index < -0.39 is 0 Å². The van der Waals surface area contributed by atoms with E-state index >= 15 is 0 Å². The predicted octanol–water partition coefficient (Wildman–Crippen LogP) is 2.92. The number of nitrogens with zero attached hydrogens (tertiary/aromatic N) is 1. The van der Waals surface area contributed by atoms with Crippen LogP contribution < -0.4 is 4.74 Å². The molecule has 2 unspecified atom stereocenters. The summed E-state index contributed by atoms with van der Waals surface area (Å²) in [7, 11) is 0. The van der Waals surface area contributed by atoms with E-state index in [4.69, 9.17) is 4.74 Å². The molecule has 2 aliphatic rings. The first-order chi connectivity index (χ1) is 9.63. The van der Waals surface area contributed by atoms with Crippen molar-refractivity contribution >= 4 is 5.78 Å². The SMILES string of the molecule is CC1CCC(C)N(CC(=O)c2ccc3c(c2)CCO3)C1. The van der Waals surface area contributed by atoms with Crippen molar-refractivity contribution < 1.29 is 9.53 Å². The number of benzene rings is 1. The Labute approximate surface area is 120 Å². The van der Waals surface area contributed by atoms with Crippen molar-refractivity contribution in [2.45, 2.75) is 39.2 Å². The summed E-state index contributed by atoms with van der Waals surface area (Å²) in [4.78, 5) is 14.8. The Hall–Kier alpha value is -1.35. The fourth-order valence-corrected chi connectivity index (χ4v) is 3.24. The molecule has 3 nitrogen and oxygen atoms in total. The van der Waals surface area contributed by atoms with Crippen LogP contribution in [-0.4, -0.2) is 36.4 Å². The summed E-state index contributed by atoms with van der Waals surface area (Å²) in [5.74, 6) is 1.88. The number of Topliss-reactive ketones (excluding diaryl/α,β-unsaturated/α-hetero) is 1. The quantitative estimate of drug-likeness (QED) is 0.793. The fraction of sp³-hybridized carbons (Fsp3) is 0.588. The van der Waals surface area contributed by atoms with E-state index in [9.17, 15) is 4.79 Å². The van der Waals surface area contributed by atoms with Gasteiger partial charge >= 0.3 is 0 Å². The first kappa shape index (κ1) is 13.6.